The molecular weight excluding hydrogens is 348 g/mol. The van der Waals surface area contributed by atoms with E-state index >= 15 is 0 Å². The van der Waals surface area contributed by atoms with E-state index in [0.29, 0.717) is 0 Å². The van der Waals surface area contributed by atoms with Gasteiger partial charge in [-0.1, -0.05) is 20.8 Å². The lowest BCUT2D eigenvalue weighted by Gasteiger charge is -2.23. The summed E-state index contributed by atoms with van der Waals surface area (Å²) in [6.45, 7) is 19.3. The van der Waals surface area contributed by atoms with Gasteiger partial charge in [-0.25, -0.2) is 14.0 Å². The van der Waals surface area contributed by atoms with Gasteiger partial charge in [0.25, 0.3) is 0 Å². The van der Waals surface area contributed by atoms with Crippen LogP contribution in [0.2, 0.25) is 0 Å². The zero-order valence-corrected chi connectivity index (χ0v) is 18.9. The molecule has 0 atom stereocenters. The van der Waals surface area contributed by atoms with Crippen LogP contribution in [0.3, 0.4) is 0 Å². The van der Waals surface area contributed by atoms with E-state index in [-0.39, 0.29) is 6.29 Å². The second kappa shape index (κ2) is 7.57. The minimum atomic E-state index is -0.239. The van der Waals surface area contributed by atoms with Crippen molar-refractivity contribution in [2.45, 2.75) is 87.9 Å². The molecule has 3 aromatic rings. The highest BCUT2D eigenvalue weighted by Crippen LogP contribution is 2.27. The fourth-order valence-corrected chi connectivity index (χ4v) is 4.61. The Balaban J connectivity index is 2.33. The van der Waals surface area contributed by atoms with E-state index in [2.05, 4.69) is 76.4 Å². The van der Waals surface area contributed by atoms with Crippen LogP contribution in [0.5, 0.6) is 0 Å². The summed E-state index contributed by atoms with van der Waals surface area (Å²) >= 11 is 0. The highest BCUT2D eigenvalue weighted by molar-refractivity contribution is 5.29. The molecule has 0 aliphatic rings. The van der Waals surface area contributed by atoms with Gasteiger partial charge in [0.15, 0.2) is 0 Å². The first-order valence-electron chi connectivity index (χ1n) is 10.4. The second-order valence-electron chi connectivity index (χ2n) is 7.69. The van der Waals surface area contributed by atoms with Gasteiger partial charge in [-0.05, 0) is 77.5 Å². The molecule has 0 spiro atoms. The lowest BCUT2D eigenvalue weighted by molar-refractivity contribution is 0.268. The van der Waals surface area contributed by atoms with E-state index < -0.39 is 0 Å². The quantitative estimate of drug-likeness (QED) is 0.636. The molecule has 3 rings (SSSR count). The van der Waals surface area contributed by atoms with Crippen LogP contribution in [0, 0.1) is 41.5 Å². The molecule has 3 aromatic heterocycles. The van der Waals surface area contributed by atoms with Gasteiger partial charge >= 0.3 is 0 Å². The first-order valence-corrected chi connectivity index (χ1v) is 10.4. The number of nitrogens with zero attached hydrogens (tertiary/aromatic N) is 6. The Hall–Kier alpha value is -2.37. The van der Waals surface area contributed by atoms with E-state index in [1.807, 2.05) is 0 Å². The van der Waals surface area contributed by atoms with Crippen LogP contribution in [0.4, 0.5) is 0 Å². The predicted octanol–water partition coefficient (Wildman–Crippen LogP) is 4.37. The Morgan fingerprint density at radius 1 is 0.536 bits per heavy atom. The minimum absolute atomic E-state index is 0.239. The van der Waals surface area contributed by atoms with Crippen molar-refractivity contribution in [3.63, 3.8) is 0 Å². The van der Waals surface area contributed by atoms with Crippen molar-refractivity contribution >= 4 is 0 Å². The van der Waals surface area contributed by atoms with Crippen molar-refractivity contribution < 1.29 is 0 Å². The van der Waals surface area contributed by atoms with Gasteiger partial charge in [0.2, 0.25) is 6.29 Å². The summed E-state index contributed by atoms with van der Waals surface area (Å²) in [7, 11) is 0. The Bertz CT molecular complexity index is 872. The summed E-state index contributed by atoms with van der Waals surface area (Å²) in [5.74, 6) is 0. The fourth-order valence-electron chi connectivity index (χ4n) is 4.61. The van der Waals surface area contributed by atoms with Crippen LogP contribution >= 0.6 is 0 Å². The molecule has 6 heteroatoms. The number of aromatic nitrogens is 6. The summed E-state index contributed by atoms with van der Waals surface area (Å²) in [6, 6.07) is 0. The molecule has 0 saturated heterocycles. The number of hydrogen-bond acceptors (Lipinski definition) is 3. The monoisotopic (exact) mass is 382 g/mol. The van der Waals surface area contributed by atoms with Crippen LogP contribution in [0.15, 0.2) is 0 Å². The Kier molecular flexibility index (Phi) is 5.50. The molecule has 0 unspecified atom stereocenters. The van der Waals surface area contributed by atoms with E-state index in [0.717, 1.165) is 36.3 Å². The maximum atomic E-state index is 4.94. The molecule has 0 aliphatic carbocycles. The van der Waals surface area contributed by atoms with Crippen LogP contribution in [-0.2, 0) is 19.3 Å². The average Bonchev–Trinajstić information content (AvgIpc) is 3.20. The number of hydrogen-bond donors (Lipinski definition) is 0. The molecule has 0 bridgehead atoms. The van der Waals surface area contributed by atoms with Crippen LogP contribution in [0.1, 0.15) is 77.9 Å². The molecule has 0 N–H and O–H groups in total. The van der Waals surface area contributed by atoms with Gasteiger partial charge in [0.1, 0.15) is 0 Å². The standard InChI is InChI=1S/C22H34N6/c1-10-19-13(4)23-26(16(19)7)22(27-17(8)20(11-2)14(5)24-27)28-18(9)21(12-3)15(6)25-28/h22H,10-12H2,1-9H3. The van der Waals surface area contributed by atoms with Gasteiger partial charge in [0, 0.05) is 17.1 Å². The Morgan fingerprint density at radius 3 is 0.964 bits per heavy atom. The molecule has 0 radical (unpaired) electrons. The zero-order chi connectivity index (χ0) is 20.7. The third-order valence-electron chi connectivity index (χ3n) is 6.14. The Morgan fingerprint density at radius 2 is 0.786 bits per heavy atom. The highest BCUT2D eigenvalue weighted by atomic mass is 15.6. The van der Waals surface area contributed by atoms with Crippen molar-refractivity contribution in [3.05, 3.63) is 50.9 Å². The average molecular weight is 383 g/mol. The van der Waals surface area contributed by atoms with E-state index in [1.165, 1.54) is 33.8 Å². The first kappa shape index (κ1) is 20.4. The van der Waals surface area contributed by atoms with Gasteiger partial charge in [-0.15, -0.1) is 0 Å². The first-order chi connectivity index (χ1) is 13.3. The van der Waals surface area contributed by atoms with E-state index in [9.17, 15) is 0 Å². The molecule has 0 fully saturated rings. The smallest absolute Gasteiger partial charge is 0.224 e. The topological polar surface area (TPSA) is 53.5 Å². The van der Waals surface area contributed by atoms with E-state index in [4.69, 9.17) is 15.3 Å². The van der Waals surface area contributed by atoms with Gasteiger partial charge in [-0.3, -0.25) is 0 Å². The van der Waals surface area contributed by atoms with Crippen molar-refractivity contribution in [1.29, 1.82) is 0 Å². The molecule has 6 nitrogen and oxygen atoms in total. The lowest BCUT2D eigenvalue weighted by Crippen LogP contribution is -2.31. The van der Waals surface area contributed by atoms with Gasteiger partial charge in [-0.2, -0.15) is 15.3 Å². The van der Waals surface area contributed by atoms with Gasteiger partial charge < -0.3 is 0 Å². The largest absolute Gasteiger partial charge is 0.238 e. The molecular formula is C22H34N6. The SMILES string of the molecule is CCc1c(C)nn(C(n2nc(C)c(CC)c2C)n2nc(C)c(CC)c2C)c1C. The molecule has 3 heterocycles. The third-order valence-corrected chi connectivity index (χ3v) is 6.14. The summed E-state index contributed by atoms with van der Waals surface area (Å²) in [5, 5.41) is 14.8. The minimum Gasteiger partial charge on any atom is -0.224 e. The highest BCUT2D eigenvalue weighted by Gasteiger charge is 2.28. The second-order valence-corrected chi connectivity index (χ2v) is 7.69. The van der Waals surface area contributed by atoms with Crippen LogP contribution in [-0.4, -0.2) is 29.3 Å². The molecule has 0 aromatic carbocycles. The van der Waals surface area contributed by atoms with Crippen molar-refractivity contribution in [1.82, 2.24) is 29.3 Å². The summed E-state index contributed by atoms with van der Waals surface area (Å²) < 4.78 is 6.31. The number of rotatable bonds is 6. The lowest BCUT2D eigenvalue weighted by atomic mass is 10.1. The van der Waals surface area contributed by atoms with E-state index in [1.54, 1.807) is 0 Å². The number of aryl methyl sites for hydroxylation is 3. The fraction of sp³-hybridized carbons (Fsp3) is 0.591. The van der Waals surface area contributed by atoms with Crippen molar-refractivity contribution in [3.8, 4) is 0 Å². The van der Waals surface area contributed by atoms with Crippen molar-refractivity contribution in [2.75, 3.05) is 0 Å². The third kappa shape index (κ3) is 2.99. The van der Waals surface area contributed by atoms with Gasteiger partial charge in [0.05, 0.1) is 17.1 Å². The molecule has 0 amide bonds. The summed E-state index contributed by atoms with van der Waals surface area (Å²) in [5.41, 5.74) is 10.7. The van der Waals surface area contributed by atoms with Crippen molar-refractivity contribution in [2.24, 2.45) is 0 Å². The normalized spacial score (nSPS) is 11.8. The molecule has 0 aliphatic heterocycles. The maximum absolute atomic E-state index is 4.94. The summed E-state index contributed by atoms with van der Waals surface area (Å²) in [6.07, 6.45) is 2.67. The summed E-state index contributed by atoms with van der Waals surface area (Å²) in [4.78, 5) is 0. The Labute approximate surface area is 168 Å². The van der Waals surface area contributed by atoms with Crippen LogP contribution in [0.25, 0.3) is 0 Å². The molecule has 28 heavy (non-hydrogen) atoms. The molecule has 152 valence electrons. The molecule has 0 saturated carbocycles. The predicted molar refractivity (Wildman–Crippen MR) is 113 cm³/mol. The zero-order valence-electron chi connectivity index (χ0n) is 18.9. The van der Waals surface area contributed by atoms with Crippen LogP contribution < -0.4 is 0 Å². The maximum Gasteiger partial charge on any atom is 0.238 e.